The summed E-state index contributed by atoms with van der Waals surface area (Å²) >= 11 is 0. The van der Waals surface area contributed by atoms with Crippen LogP contribution in [0.1, 0.15) is 12.0 Å². The molecule has 1 heterocycles. The number of halogens is 1. The number of nitrogens with one attached hydrogen (secondary N) is 2. The molecule has 4 nitrogen and oxygen atoms in total. The molecule has 1 amide bonds. The van der Waals surface area contributed by atoms with Crippen molar-refractivity contribution in [2.75, 3.05) is 25.0 Å². The highest BCUT2D eigenvalue weighted by molar-refractivity contribution is 5.97. The van der Waals surface area contributed by atoms with Crippen molar-refractivity contribution >= 4 is 11.6 Å². The molecule has 1 aromatic carbocycles. The summed E-state index contributed by atoms with van der Waals surface area (Å²) in [6.45, 7) is 0.686. The molecule has 98 valence electrons. The van der Waals surface area contributed by atoms with Crippen LogP contribution in [0.4, 0.5) is 10.1 Å². The minimum atomic E-state index is -1.80. The fourth-order valence-electron chi connectivity index (χ4n) is 1.98. The lowest BCUT2D eigenvalue weighted by Gasteiger charge is -2.17. The number of aliphatic hydroxyl groups excluding tert-OH is 1. The van der Waals surface area contributed by atoms with Gasteiger partial charge in [-0.1, -0.05) is 12.1 Å². The van der Waals surface area contributed by atoms with Gasteiger partial charge < -0.3 is 15.7 Å². The zero-order valence-electron chi connectivity index (χ0n) is 10.1. The van der Waals surface area contributed by atoms with Crippen LogP contribution in [0, 0.1) is 0 Å². The molecule has 0 radical (unpaired) electrons. The monoisotopic (exact) mass is 252 g/mol. The van der Waals surface area contributed by atoms with E-state index in [0.29, 0.717) is 18.7 Å². The first kappa shape index (κ1) is 13.0. The van der Waals surface area contributed by atoms with E-state index < -0.39 is 11.6 Å². The Morgan fingerprint density at radius 1 is 1.44 bits per heavy atom. The number of amides is 1. The predicted octanol–water partition coefficient (Wildman–Crippen LogP) is 0.862. The number of anilines is 1. The number of carbonyl (C=O) groups excluding carboxylic acids is 1. The quantitative estimate of drug-likeness (QED) is 0.745. The lowest BCUT2D eigenvalue weighted by Crippen LogP contribution is -2.40. The maximum absolute atomic E-state index is 14.1. The highest BCUT2D eigenvalue weighted by Crippen LogP contribution is 2.22. The summed E-state index contributed by atoms with van der Waals surface area (Å²) in [6, 6.07) is 7.05. The average Bonchev–Trinajstić information content (AvgIpc) is 2.80. The van der Waals surface area contributed by atoms with Crippen LogP contribution >= 0.6 is 0 Å². The number of hydrogen-bond donors (Lipinski definition) is 3. The molecule has 1 saturated heterocycles. The molecule has 0 bridgehead atoms. The molecule has 0 saturated carbocycles. The standard InChI is InChI=1S/C13H17FN2O2/c14-13(6-7-15-9-13)12(18)16-11-3-1-10(2-4-11)5-8-17/h1-4,15,17H,5-9H2,(H,16,18). The molecule has 5 heteroatoms. The lowest BCUT2D eigenvalue weighted by molar-refractivity contribution is -0.126. The van der Waals surface area contributed by atoms with Gasteiger partial charge in [0.1, 0.15) is 0 Å². The number of alkyl halides is 1. The Hall–Kier alpha value is -1.46. The van der Waals surface area contributed by atoms with Crippen LogP contribution in [0.5, 0.6) is 0 Å². The van der Waals surface area contributed by atoms with Crippen LogP contribution < -0.4 is 10.6 Å². The van der Waals surface area contributed by atoms with Crippen LogP contribution in [0.2, 0.25) is 0 Å². The Morgan fingerprint density at radius 2 is 2.17 bits per heavy atom. The van der Waals surface area contributed by atoms with E-state index in [2.05, 4.69) is 10.6 Å². The lowest BCUT2D eigenvalue weighted by atomic mass is 10.0. The van der Waals surface area contributed by atoms with Gasteiger partial charge in [-0.25, -0.2) is 4.39 Å². The number of aliphatic hydroxyl groups is 1. The summed E-state index contributed by atoms with van der Waals surface area (Å²) in [7, 11) is 0. The molecule has 1 aliphatic rings. The maximum Gasteiger partial charge on any atom is 0.263 e. The molecule has 0 aromatic heterocycles. The fourth-order valence-corrected chi connectivity index (χ4v) is 1.98. The van der Waals surface area contributed by atoms with Gasteiger partial charge in [-0.3, -0.25) is 4.79 Å². The van der Waals surface area contributed by atoms with Crippen molar-refractivity contribution in [3.05, 3.63) is 29.8 Å². The summed E-state index contributed by atoms with van der Waals surface area (Å²) in [5.74, 6) is -0.595. The molecule has 1 atom stereocenters. The second-order valence-electron chi connectivity index (χ2n) is 4.52. The van der Waals surface area contributed by atoms with Gasteiger partial charge in [-0.05, 0) is 30.7 Å². The first-order valence-electron chi connectivity index (χ1n) is 6.05. The third-order valence-electron chi connectivity index (χ3n) is 3.12. The van der Waals surface area contributed by atoms with Gasteiger partial charge >= 0.3 is 0 Å². The van der Waals surface area contributed by atoms with Crippen molar-refractivity contribution in [3.8, 4) is 0 Å². The summed E-state index contributed by atoms with van der Waals surface area (Å²) in [5, 5.41) is 14.2. The van der Waals surface area contributed by atoms with Crippen molar-refractivity contribution in [1.82, 2.24) is 5.32 Å². The molecular weight excluding hydrogens is 235 g/mol. The third-order valence-corrected chi connectivity index (χ3v) is 3.12. The second-order valence-corrected chi connectivity index (χ2v) is 4.52. The van der Waals surface area contributed by atoms with Crippen LogP contribution in [0.3, 0.4) is 0 Å². The molecule has 3 N–H and O–H groups in total. The minimum Gasteiger partial charge on any atom is -0.396 e. The van der Waals surface area contributed by atoms with E-state index in [9.17, 15) is 9.18 Å². The zero-order chi connectivity index (χ0) is 13.0. The van der Waals surface area contributed by atoms with Gasteiger partial charge in [0.15, 0.2) is 0 Å². The van der Waals surface area contributed by atoms with Gasteiger partial charge in [0, 0.05) is 25.3 Å². The topological polar surface area (TPSA) is 61.4 Å². The van der Waals surface area contributed by atoms with Crippen molar-refractivity contribution in [3.63, 3.8) is 0 Å². The van der Waals surface area contributed by atoms with Gasteiger partial charge in [0.05, 0.1) is 0 Å². The normalized spacial score (nSPS) is 23.0. The number of carbonyl (C=O) groups is 1. The molecule has 1 aromatic rings. The number of hydrogen-bond acceptors (Lipinski definition) is 3. The molecule has 1 aliphatic heterocycles. The Labute approximate surface area is 105 Å². The fraction of sp³-hybridized carbons (Fsp3) is 0.462. The Kier molecular flexibility index (Phi) is 3.93. The van der Waals surface area contributed by atoms with Crippen molar-refractivity contribution < 1.29 is 14.3 Å². The molecule has 1 fully saturated rings. The molecule has 2 rings (SSSR count). The highest BCUT2D eigenvalue weighted by atomic mass is 19.1. The van der Waals surface area contributed by atoms with E-state index in [1.165, 1.54) is 0 Å². The van der Waals surface area contributed by atoms with E-state index in [0.717, 1.165) is 5.56 Å². The van der Waals surface area contributed by atoms with Crippen molar-refractivity contribution in [2.45, 2.75) is 18.5 Å². The predicted molar refractivity (Wildman–Crippen MR) is 67.2 cm³/mol. The van der Waals surface area contributed by atoms with Crippen LogP contribution in [0.15, 0.2) is 24.3 Å². The van der Waals surface area contributed by atoms with E-state index in [-0.39, 0.29) is 19.6 Å². The number of benzene rings is 1. The summed E-state index contributed by atoms with van der Waals surface area (Å²) < 4.78 is 14.1. The van der Waals surface area contributed by atoms with E-state index in [1.54, 1.807) is 12.1 Å². The summed E-state index contributed by atoms with van der Waals surface area (Å²) in [5.41, 5.74) is -0.248. The Balaban J connectivity index is 1.98. The Bertz CT molecular complexity index is 414. The average molecular weight is 252 g/mol. The largest absolute Gasteiger partial charge is 0.396 e. The van der Waals surface area contributed by atoms with Gasteiger partial charge in [0.25, 0.3) is 5.91 Å². The van der Waals surface area contributed by atoms with Gasteiger partial charge in [-0.15, -0.1) is 0 Å². The van der Waals surface area contributed by atoms with E-state index in [1.807, 2.05) is 12.1 Å². The first-order chi connectivity index (χ1) is 8.64. The maximum atomic E-state index is 14.1. The summed E-state index contributed by atoms with van der Waals surface area (Å²) in [4.78, 5) is 11.8. The van der Waals surface area contributed by atoms with Crippen LogP contribution in [-0.4, -0.2) is 36.4 Å². The molecule has 0 spiro atoms. The Morgan fingerprint density at radius 3 is 2.72 bits per heavy atom. The van der Waals surface area contributed by atoms with Gasteiger partial charge in [-0.2, -0.15) is 0 Å². The molecule has 18 heavy (non-hydrogen) atoms. The number of rotatable bonds is 4. The summed E-state index contributed by atoms with van der Waals surface area (Å²) in [6.07, 6.45) is 0.784. The van der Waals surface area contributed by atoms with Crippen LogP contribution in [0.25, 0.3) is 0 Å². The SMILES string of the molecule is O=C(Nc1ccc(CCO)cc1)C1(F)CCNC1. The minimum absolute atomic E-state index is 0.0709. The molecular formula is C13H17FN2O2. The van der Waals surface area contributed by atoms with Crippen molar-refractivity contribution in [1.29, 1.82) is 0 Å². The third kappa shape index (κ3) is 2.86. The van der Waals surface area contributed by atoms with Crippen LogP contribution in [-0.2, 0) is 11.2 Å². The zero-order valence-corrected chi connectivity index (χ0v) is 10.1. The van der Waals surface area contributed by atoms with Gasteiger partial charge in [0.2, 0.25) is 5.67 Å². The van der Waals surface area contributed by atoms with E-state index in [4.69, 9.17) is 5.11 Å². The first-order valence-corrected chi connectivity index (χ1v) is 6.05. The highest BCUT2D eigenvalue weighted by Gasteiger charge is 2.41. The smallest absolute Gasteiger partial charge is 0.263 e. The van der Waals surface area contributed by atoms with Crippen molar-refractivity contribution in [2.24, 2.45) is 0 Å². The molecule has 1 unspecified atom stereocenters. The second kappa shape index (κ2) is 5.46. The van der Waals surface area contributed by atoms with E-state index >= 15 is 0 Å². The molecule has 0 aliphatic carbocycles.